The molecule has 0 saturated carbocycles. The summed E-state index contributed by atoms with van der Waals surface area (Å²) in [7, 11) is 2.82. The third kappa shape index (κ3) is 7.81. The molecule has 3 N–H and O–H groups in total. The molecule has 0 bridgehead atoms. The zero-order valence-corrected chi connectivity index (χ0v) is 23.1. The van der Waals surface area contributed by atoms with Crippen molar-refractivity contribution in [3.8, 4) is 23.0 Å². The highest BCUT2D eigenvalue weighted by Gasteiger charge is 2.34. The van der Waals surface area contributed by atoms with Crippen molar-refractivity contribution in [3.05, 3.63) is 94.0 Å². The lowest BCUT2D eigenvalue weighted by molar-refractivity contribution is -0.129. The van der Waals surface area contributed by atoms with Crippen molar-refractivity contribution in [3.63, 3.8) is 0 Å². The maximum absolute atomic E-state index is 13.6. The standard InChI is InChI=1S/C30H28BrNO7/c1-18(33)32-30(21-5-4-6-22(31)17-21)29(25(36)13-9-19-7-11-23(34)27(15-19)38-2)26(37)14-10-20-8-12-24(35)28(16-20)39-3/h4-17,29-30,34-35H,1-3H3,(H,32,33)/b13-9+,14-10+. The number of aromatic hydroxyl groups is 2. The lowest BCUT2D eigenvalue weighted by Crippen LogP contribution is -2.39. The van der Waals surface area contributed by atoms with E-state index in [-0.39, 0.29) is 23.0 Å². The number of phenolic OH excluding ortho intramolecular Hbond substituents is 2. The predicted molar refractivity (Wildman–Crippen MR) is 152 cm³/mol. The number of amides is 1. The molecule has 0 fully saturated rings. The van der Waals surface area contributed by atoms with Crippen molar-refractivity contribution in [2.24, 2.45) is 5.92 Å². The van der Waals surface area contributed by atoms with E-state index in [4.69, 9.17) is 9.47 Å². The lowest BCUT2D eigenvalue weighted by Gasteiger charge is -2.25. The van der Waals surface area contributed by atoms with Crippen LogP contribution in [0.3, 0.4) is 0 Å². The molecule has 39 heavy (non-hydrogen) atoms. The van der Waals surface area contributed by atoms with Gasteiger partial charge in [0.1, 0.15) is 5.92 Å². The molecular formula is C30H28BrNO7. The van der Waals surface area contributed by atoms with E-state index in [1.807, 2.05) is 0 Å². The van der Waals surface area contributed by atoms with Crippen LogP contribution in [0.15, 0.2) is 77.3 Å². The van der Waals surface area contributed by atoms with Crippen LogP contribution in [0, 0.1) is 5.92 Å². The van der Waals surface area contributed by atoms with Gasteiger partial charge in [-0.25, -0.2) is 0 Å². The summed E-state index contributed by atoms with van der Waals surface area (Å²) < 4.78 is 11.0. The zero-order chi connectivity index (χ0) is 28.5. The van der Waals surface area contributed by atoms with E-state index in [9.17, 15) is 24.6 Å². The van der Waals surface area contributed by atoms with Gasteiger partial charge < -0.3 is 25.0 Å². The fourth-order valence-electron chi connectivity index (χ4n) is 3.91. The summed E-state index contributed by atoms with van der Waals surface area (Å²) in [5.74, 6) is -2.43. The molecule has 3 rings (SSSR count). The molecular weight excluding hydrogens is 566 g/mol. The van der Waals surface area contributed by atoms with Gasteiger partial charge in [-0.1, -0.05) is 52.3 Å². The highest BCUT2D eigenvalue weighted by Crippen LogP contribution is 2.30. The normalized spacial score (nSPS) is 12.0. The fourth-order valence-corrected chi connectivity index (χ4v) is 4.32. The Morgan fingerprint density at radius 3 is 1.77 bits per heavy atom. The number of allylic oxidation sites excluding steroid dienone is 2. The van der Waals surface area contributed by atoms with Crippen LogP contribution in [-0.4, -0.2) is 41.9 Å². The highest BCUT2D eigenvalue weighted by molar-refractivity contribution is 9.10. The van der Waals surface area contributed by atoms with Crippen LogP contribution in [0.5, 0.6) is 23.0 Å². The molecule has 0 aliphatic carbocycles. The van der Waals surface area contributed by atoms with Gasteiger partial charge in [0.05, 0.1) is 20.3 Å². The molecule has 202 valence electrons. The zero-order valence-electron chi connectivity index (χ0n) is 21.6. The maximum Gasteiger partial charge on any atom is 0.217 e. The Balaban J connectivity index is 2.03. The van der Waals surface area contributed by atoms with Gasteiger partial charge in [0.2, 0.25) is 5.91 Å². The Bertz CT molecular complexity index is 1360. The fraction of sp³-hybridized carbons (Fsp3) is 0.167. The van der Waals surface area contributed by atoms with Crippen molar-refractivity contribution in [1.82, 2.24) is 5.32 Å². The Morgan fingerprint density at radius 1 is 0.821 bits per heavy atom. The molecule has 3 aromatic carbocycles. The minimum absolute atomic E-state index is 0.0506. The SMILES string of the molecule is COc1cc(/C=C/C(=O)C(C(=O)/C=C/c2ccc(O)c(OC)c2)C(NC(C)=O)c2cccc(Br)c2)ccc1O. The number of hydrogen-bond acceptors (Lipinski definition) is 7. The Morgan fingerprint density at radius 2 is 1.33 bits per heavy atom. The minimum Gasteiger partial charge on any atom is -0.504 e. The van der Waals surface area contributed by atoms with Crippen molar-refractivity contribution >= 4 is 45.6 Å². The minimum atomic E-state index is -1.30. The molecule has 0 radical (unpaired) electrons. The van der Waals surface area contributed by atoms with Gasteiger partial charge in [0.15, 0.2) is 34.6 Å². The van der Waals surface area contributed by atoms with Crippen LogP contribution in [-0.2, 0) is 14.4 Å². The van der Waals surface area contributed by atoms with Gasteiger partial charge in [0.25, 0.3) is 0 Å². The molecule has 0 spiro atoms. The highest BCUT2D eigenvalue weighted by atomic mass is 79.9. The van der Waals surface area contributed by atoms with E-state index >= 15 is 0 Å². The Hall–Kier alpha value is -4.37. The second-order valence-electron chi connectivity index (χ2n) is 8.54. The lowest BCUT2D eigenvalue weighted by atomic mass is 9.85. The van der Waals surface area contributed by atoms with E-state index in [2.05, 4.69) is 21.2 Å². The van der Waals surface area contributed by atoms with Crippen LogP contribution in [0.25, 0.3) is 12.2 Å². The number of benzene rings is 3. The van der Waals surface area contributed by atoms with Crippen molar-refractivity contribution in [1.29, 1.82) is 0 Å². The first-order chi connectivity index (χ1) is 18.6. The molecule has 0 aliphatic heterocycles. The van der Waals surface area contributed by atoms with Crippen LogP contribution in [0.1, 0.15) is 29.7 Å². The number of hydrogen-bond donors (Lipinski definition) is 3. The third-order valence-corrected chi connectivity index (χ3v) is 6.29. The average Bonchev–Trinajstić information content (AvgIpc) is 2.91. The number of carbonyl (C=O) groups excluding carboxylic acids is 3. The van der Waals surface area contributed by atoms with Gasteiger partial charge in [-0.05, 0) is 65.2 Å². The molecule has 1 unspecified atom stereocenters. The molecule has 8 nitrogen and oxygen atoms in total. The number of ketones is 2. The van der Waals surface area contributed by atoms with Crippen molar-refractivity contribution < 1.29 is 34.1 Å². The van der Waals surface area contributed by atoms with Gasteiger partial charge >= 0.3 is 0 Å². The van der Waals surface area contributed by atoms with E-state index in [0.717, 1.165) is 0 Å². The van der Waals surface area contributed by atoms with E-state index in [1.54, 1.807) is 48.5 Å². The Kier molecular flexibility index (Phi) is 10.1. The van der Waals surface area contributed by atoms with Crippen LogP contribution in [0.4, 0.5) is 0 Å². The Labute approximate surface area is 234 Å². The van der Waals surface area contributed by atoms with Crippen molar-refractivity contribution in [2.75, 3.05) is 14.2 Å². The first-order valence-electron chi connectivity index (χ1n) is 11.8. The molecule has 0 aliphatic rings. The number of rotatable bonds is 11. The van der Waals surface area contributed by atoms with E-state index in [1.165, 1.54) is 57.6 Å². The smallest absolute Gasteiger partial charge is 0.217 e. The average molecular weight is 594 g/mol. The number of nitrogens with one attached hydrogen (secondary N) is 1. The third-order valence-electron chi connectivity index (χ3n) is 5.80. The quantitative estimate of drug-likeness (QED) is 0.205. The summed E-state index contributed by atoms with van der Waals surface area (Å²) >= 11 is 3.41. The predicted octanol–water partition coefficient (Wildman–Crippen LogP) is 5.24. The monoisotopic (exact) mass is 593 g/mol. The second-order valence-corrected chi connectivity index (χ2v) is 9.46. The number of carbonyl (C=O) groups is 3. The first-order valence-corrected chi connectivity index (χ1v) is 12.6. The van der Waals surface area contributed by atoms with E-state index in [0.29, 0.717) is 21.2 Å². The molecule has 1 amide bonds. The number of halogens is 1. The van der Waals surface area contributed by atoms with Crippen LogP contribution < -0.4 is 14.8 Å². The van der Waals surface area contributed by atoms with Crippen molar-refractivity contribution in [2.45, 2.75) is 13.0 Å². The second kappa shape index (κ2) is 13.4. The molecule has 1 atom stereocenters. The summed E-state index contributed by atoms with van der Waals surface area (Å²) in [5.41, 5.74) is 1.69. The number of phenols is 2. The summed E-state index contributed by atoms with van der Waals surface area (Å²) in [6.45, 7) is 1.31. The summed E-state index contributed by atoms with van der Waals surface area (Å²) in [4.78, 5) is 39.3. The maximum atomic E-state index is 13.6. The van der Waals surface area contributed by atoms with Gasteiger partial charge in [-0.3, -0.25) is 14.4 Å². The summed E-state index contributed by atoms with van der Waals surface area (Å²) in [6.07, 6.45) is 5.53. The van der Waals surface area contributed by atoms with Gasteiger partial charge in [-0.15, -0.1) is 0 Å². The molecule has 0 saturated heterocycles. The summed E-state index contributed by atoms with van der Waals surface area (Å²) in [6, 6.07) is 15.2. The first kappa shape index (κ1) is 29.2. The molecule has 3 aromatic rings. The largest absolute Gasteiger partial charge is 0.504 e. The van der Waals surface area contributed by atoms with Gasteiger partial charge in [-0.2, -0.15) is 0 Å². The number of ether oxygens (including phenoxy) is 2. The van der Waals surface area contributed by atoms with E-state index < -0.39 is 29.4 Å². The van der Waals surface area contributed by atoms with Crippen LogP contribution >= 0.6 is 15.9 Å². The van der Waals surface area contributed by atoms with Gasteiger partial charge in [0, 0.05) is 11.4 Å². The topological polar surface area (TPSA) is 122 Å². The number of methoxy groups -OCH3 is 2. The molecule has 9 heteroatoms. The molecule has 0 aromatic heterocycles. The summed E-state index contributed by atoms with van der Waals surface area (Å²) in [5, 5.41) is 22.4. The van der Waals surface area contributed by atoms with Crippen LogP contribution in [0.2, 0.25) is 0 Å². The molecule has 0 heterocycles.